The predicted octanol–water partition coefficient (Wildman–Crippen LogP) is 16.0. The molecular formula is C66H48BNO2. The van der Waals surface area contributed by atoms with Crippen molar-refractivity contribution in [3.8, 4) is 33.8 Å². The van der Waals surface area contributed by atoms with Gasteiger partial charge in [0.2, 0.25) is 6.71 Å². The molecule has 3 nitrogen and oxygen atoms in total. The lowest BCUT2D eigenvalue weighted by Gasteiger charge is -2.30. The van der Waals surface area contributed by atoms with E-state index in [4.69, 9.17) is 9.15 Å². The van der Waals surface area contributed by atoms with Gasteiger partial charge in [0.1, 0.15) is 22.7 Å². The fourth-order valence-electron chi connectivity index (χ4n) is 12.6. The van der Waals surface area contributed by atoms with Crippen LogP contribution >= 0.6 is 0 Å². The summed E-state index contributed by atoms with van der Waals surface area (Å²) < 4.78 is 14.0. The van der Waals surface area contributed by atoms with Crippen molar-refractivity contribution in [2.75, 3.05) is 4.90 Å². The van der Waals surface area contributed by atoms with E-state index in [9.17, 15) is 0 Å². The van der Waals surface area contributed by atoms with Gasteiger partial charge in [0, 0.05) is 50.3 Å². The Labute approximate surface area is 408 Å². The van der Waals surface area contributed by atoms with Gasteiger partial charge < -0.3 is 14.1 Å². The van der Waals surface area contributed by atoms with E-state index >= 15 is 0 Å². The summed E-state index contributed by atoms with van der Waals surface area (Å²) in [5.41, 5.74) is 20.1. The van der Waals surface area contributed by atoms with Gasteiger partial charge in [0.05, 0.1) is 0 Å². The summed E-state index contributed by atoms with van der Waals surface area (Å²) in [6, 6.07) is 73.6. The van der Waals surface area contributed by atoms with Gasteiger partial charge in [-0.05, 0) is 136 Å². The summed E-state index contributed by atoms with van der Waals surface area (Å²) in [4.78, 5) is 2.37. The van der Waals surface area contributed by atoms with E-state index in [-0.39, 0.29) is 12.1 Å². The van der Waals surface area contributed by atoms with Crippen LogP contribution in [0.4, 0.5) is 17.1 Å². The van der Waals surface area contributed by atoms with Crippen LogP contribution in [0.2, 0.25) is 0 Å². The molecule has 2 aliphatic rings. The van der Waals surface area contributed by atoms with Crippen molar-refractivity contribution in [1.29, 1.82) is 0 Å². The van der Waals surface area contributed by atoms with Crippen LogP contribution in [0.15, 0.2) is 205 Å². The molecule has 12 aromatic rings. The van der Waals surface area contributed by atoms with E-state index in [1.165, 1.54) is 87.8 Å². The molecule has 0 amide bonds. The molecule has 14 rings (SSSR count). The monoisotopic (exact) mass is 897 g/mol. The molecule has 0 spiro atoms. The smallest absolute Gasteiger partial charge is 0.247 e. The Morgan fingerprint density at radius 2 is 1.06 bits per heavy atom. The normalized spacial score (nSPS) is 13.2. The summed E-state index contributed by atoms with van der Waals surface area (Å²) in [7, 11) is 0. The molecule has 332 valence electrons. The average Bonchev–Trinajstić information content (AvgIpc) is 3.87. The standard InChI is InChI=1S/C66H48BNO2/c1-39-33-40(2)64(41(3)34-39)67(58-26-15-24-52-49-22-12-14-27-60(49)70-65(52)58)59-38-54-51-23-16-28-61-63(51)55(37-53(54)45-19-9-10-21-48(45)59)50-32-30-44(36-62(50)69-61)68(42-17-7-6-8-18-42)43-29-31-47-46-20-11-13-25-56(46)66(4,5)57(47)35-43/h6-38H,1-5H3. The third kappa shape index (κ3) is 5.89. The number of anilines is 3. The van der Waals surface area contributed by atoms with Crippen LogP contribution in [-0.4, -0.2) is 6.71 Å². The number of nitrogens with zero attached hydrogens (tertiary/aromatic N) is 1. The van der Waals surface area contributed by atoms with Gasteiger partial charge >= 0.3 is 0 Å². The zero-order valence-corrected chi connectivity index (χ0v) is 39.9. The van der Waals surface area contributed by atoms with Crippen molar-refractivity contribution < 1.29 is 9.15 Å². The first-order valence-corrected chi connectivity index (χ1v) is 24.5. The quantitative estimate of drug-likeness (QED) is 0.123. The van der Waals surface area contributed by atoms with E-state index in [0.717, 1.165) is 61.4 Å². The molecule has 0 bridgehead atoms. The summed E-state index contributed by atoms with van der Waals surface area (Å²) in [5.74, 6) is 1.71. The van der Waals surface area contributed by atoms with Gasteiger partial charge in [-0.3, -0.25) is 0 Å². The van der Waals surface area contributed by atoms with E-state index in [2.05, 4.69) is 240 Å². The molecule has 0 saturated heterocycles. The number of hydrogen-bond donors (Lipinski definition) is 0. The van der Waals surface area contributed by atoms with Crippen LogP contribution < -0.4 is 26.0 Å². The van der Waals surface area contributed by atoms with Crippen molar-refractivity contribution >= 4 is 94.4 Å². The third-order valence-electron chi connectivity index (χ3n) is 15.6. The van der Waals surface area contributed by atoms with Crippen molar-refractivity contribution in [3.63, 3.8) is 0 Å². The maximum atomic E-state index is 7.09. The minimum Gasteiger partial charge on any atom is -0.457 e. The molecule has 2 heterocycles. The van der Waals surface area contributed by atoms with Crippen LogP contribution in [0.3, 0.4) is 0 Å². The van der Waals surface area contributed by atoms with Gasteiger partial charge in [0.15, 0.2) is 0 Å². The zero-order valence-electron chi connectivity index (χ0n) is 39.9. The molecule has 0 radical (unpaired) electrons. The van der Waals surface area contributed by atoms with E-state index < -0.39 is 0 Å². The first-order valence-electron chi connectivity index (χ1n) is 24.5. The molecule has 4 heteroatoms. The summed E-state index contributed by atoms with van der Waals surface area (Å²) >= 11 is 0. The highest BCUT2D eigenvalue weighted by Crippen LogP contribution is 2.53. The largest absolute Gasteiger partial charge is 0.457 e. The first kappa shape index (κ1) is 40.7. The Kier molecular flexibility index (Phi) is 8.77. The molecular weight excluding hydrogens is 850 g/mol. The number of fused-ring (bicyclic) bond motifs is 12. The van der Waals surface area contributed by atoms with Gasteiger partial charge in [-0.25, -0.2) is 0 Å². The average molecular weight is 898 g/mol. The molecule has 0 unspecified atom stereocenters. The van der Waals surface area contributed by atoms with E-state index in [1.807, 2.05) is 0 Å². The fraction of sp³-hybridized carbons (Fsp3) is 0.0909. The highest BCUT2D eigenvalue weighted by Gasteiger charge is 2.36. The molecule has 0 atom stereocenters. The molecule has 0 saturated carbocycles. The number of hydrogen-bond acceptors (Lipinski definition) is 3. The van der Waals surface area contributed by atoms with Crippen LogP contribution in [0, 0.1) is 20.8 Å². The van der Waals surface area contributed by atoms with Gasteiger partial charge in [-0.1, -0.05) is 181 Å². The van der Waals surface area contributed by atoms with Crippen LogP contribution in [0.5, 0.6) is 11.5 Å². The Hall–Kier alpha value is -8.34. The van der Waals surface area contributed by atoms with Crippen LogP contribution in [0.25, 0.3) is 76.5 Å². The lowest BCUT2D eigenvalue weighted by atomic mass is 9.34. The minimum absolute atomic E-state index is 0.111. The highest BCUT2D eigenvalue weighted by atomic mass is 16.5. The number of para-hydroxylation sites is 3. The number of benzene rings is 11. The fourth-order valence-corrected chi connectivity index (χ4v) is 12.6. The van der Waals surface area contributed by atoms with Crippen molar-refractivity contribution in [2.24, 2.45) is 0 Å². The van der Waals surface area contributed by atoms with Crippen LogP contribution in [-0.2, 0) is 5.41 Å². The number of ether oxygens (including phenoxy) is 1. The highest BCUT2D eigenvalue weighted by molar-refractivity contribution is 6.98. The van der Waals surface area contributed by atoms with Crippen molar-refractivity contribution in [1.82, 2.24) is 0 Å². The molecule has 1 aromatic heterocycles. The number of rotatable bonds is 6. The van der Waals surface area contributed by atoms with Gasteiger partial charge in [-0.2, -0.15) is 0 Å². The molecule has 0 N–H and O–H groups in total. The topological polar surface area (TPSA) is 25.6 Å². The summed E-state index contributed by atoms with van der Waals surface area (Å²) in [6.45, 7) is 11.3. The summed E-state index contributed by atoms with van der Waals surface area (Å²) in [5, 5.41) is 9.48. The number of furan rings is 1. The predicted molar refractivity (Wildman–Crippen MR) is 296 cm³/mol. The molecule has 1 aliphatic carbocycles. The molecule has 0 fully saturated rings. The Balaban J connectivity index is 0.970. The van der Waals surface area contributed by atoms with E-state index in [0.29, 0.717) is 0 Å². The van der Waals surface area contributed by atoms with Crippen molar-refractivity contribution in [2.45, 2.75) is 40.0 Å². The zero-order chi connectivity index (χ0) is 47.0. The maximum absolute atomic E-state index is 7.09. The molecule has 70 heavy (non-hydrogen) atoms. The SMILES string of the molecule is Cc1cc(C)c(B(c2cc3c4cccc5c4c(cc3c3ccccc23)-c2ccc(N(c3ccccc3)c3ccc4c(c3)C(C)(C)c3ccccc3-4)cc2O5)c2cccc3c2oc2ccccc23)c(C)c1. The third-order valence-corrected chi connectivity index (χ3v) is 15.6. The summed E-state index contributed by atoms with van der Waals surface area (Å²) in [6.07, 6.45) is 0. The second-order valence-corrected chi connectivity index (χ2v) is 20.1. The Bertz CT molecular complexity index is 4160. The van der Waals surface area contributed by atoms with Gasteiger partial charge in [-0.15, -0.1) is 0 Å². The Morgan fingerprint density at radius 3 is 1.89 bits per heavy atom. The maximum Gasteiger partial charge on any atom is 0.247 e. The second-order valence-electron chi connectivity index (χ2n) is 20.1. The lowest BCUT2D eigenvalue weighted by Crippen LogP contribution is -2.54. The lowest BCUT2D eigenvalue weighted by molar-refractivity contribution is 0.487. The Morgan fingerprint density at radius 1 is 0.414 bits per heavy atom. The first-order chi connectivity index (χ1) is 34.2. The van der Waals surface area contributed by atoms with Crippen molar-refractivity contribution in [3.05, 3.63) is 228 Å². The minimum atomic E-state index is -0.124. The second kappa shape index (κ2) is 15.1. The van der Waals surface area contributed by atoms with Gasteiger partial charge in [0.25, 0.3) is 0 Å². The molecule has 1 aliphatic heterocycles. The van der Waals surface area contributed by atoms with Crippen LogP contribution in [0.1, 0.15) is 41.7 Å². The number of aryl methyl sites for hydroxylation is 3. The van der Waals surface area contributed by atoms with E-state index in [1.54, 1.807) is 0 Å². The molecule has 11 aromatic carbocycles.